The summed E-state index contributed by atoms with van der Waals surface area (Å²) >= 11 is 0. The number of nitrogens with zero attached hydrogens (tertiary/aromatic N) is 1. The Bertz CT molecular complexity index is 1350. The van der Waals surface area contributed by atoms with Crippen LogP contribution in [-0.4, -0.2) is 53.8 Å². The minimum Gasteiger partial charge on any atom is -0.462 e. The zero-order chi connectivity index (χ0) is 27.9. The van der Waals surface area contributed by atoms with Gasteiger partial charge in [-0.1, -0.05) is 56.3 Å². The molecule has 0 spiro atoms. The molecule has 0 radical (unpaired) electrons. The third-order valence-corrected chi connectivity index (χ3v) is 5.98. The number of anilines is 1. The van der Waals surface area contributed by atoms with Crippen LogP contribution in [-0.2, 0) is 25.5 Å². The molecule has 0 bridgehead atoms. The van der Waals surface area contributed by atoms with Gasteiger partial charge in [-0.2, -0.15) is 0 Å². The number of rotatable bonds is 10. The standard InChI is InChI=1S/C30H28N2O7/c1-19(2)17-38-29(36)21-12-14-22(15-13-21)31-26(33)18-39-30(37)25(16-20-8-4-3-5-9-20)32-27(34)23-10-6-7-11-24(23)28(32)35/h3-15,19,25H,16-18H2,1-2H3,(H,31,33)/t25-/m0/s1. The molecule has 4 rings (SSSR count). The number of nitrogens with one attached hydrogen (secondary N) is 1. The van der Waals surface area contributed by atoms with Crippen molar-refractivity contribution in [2.45, 2.75) is 26.3 Å². The molecule has 9 heteroatoms. The highest BCUT2D eigenvalue weighted by atomic mass is 16.5. The van der Waals surface area contributed by atoms with Gasteiger partial charge in [0.25, 0.3) is 17.7 Å². The molecule has 0 saturated heterocycles. The maximum atomic E-state index is 13.2. The molecule has 3 aromatic rings. The molecule has 3 aromatic carbocycles. The van der Waals surface area contributed by atoms with Crippen molar-refractivity contribution in [1.82, 2.24) is 4.90 Å². The number of amides is 3. The van der Waals surface area contributed by atoms with Crippen LogP contribution >= 0.6 is 0 Å². The zero-order valence-electron chi connectivity index (χ0n) is 21.6. The first-order valence-corrected chi connectivity index (χ1v) is 12.5. The number of carbonyl (C=O) groups excluding carboxylic acids is 5. The summed E-state index contributed by atoms with van der Waals surface area (Å²) in [5, 5.41) is 2.59. The summed E-state index contributed by atoms with van der Waals surface area (Å²) in [5.41, 5.74) is 1.86. The Hall–Kier alpha value is -4.79. The fourth-order valence-electron chi connectivity index (χ4n) is 4.05. The highest BCUT2D eigenvalue weighted by molar-refractivity contribution is 6.22. The molecule has 0 aromatic heterocycles. The van der Waals surface area contributed by atoms with Crippen molar-refractivity contribution in [3.8, 4) is 0 Å². The molecule has 1 atom stereocenters. The molecule has 39 heavy (non-hydrogen) atoms. The largest absolute Gasteiger partial charge is 0.462 e. The van der Waals surface area contributed by atoms with Gasteiger partial charge in [0.2, 0.25) is 0 Å². The topological polar surface area (TPSA) is 119 Å². The van der Waals surface area contributed by atoms with Gasteiger partial charge < -0.3 is 14.8 Å². The second-order valence-electron chi connectivity index (χ2n) is 9.46. The van der Waals surface area contributed by atoms with Crippen LogP contribution < -0.4 is 5.32 Å². The van der Waals surface area contributed by atoms with Crippen LogP contribution in [0.25, 0.3) is 0 Å². The van der Waals surface area contributed by atoms with Gasteiger partial charge in [0, 0.05) is 12.1 Å². The fraction of sp³-hybridized carbons (Fsp3) is 0.233. The normalized spacial score (nSPS) is 13.2. The summed E-state index contributed by atoms with van der Waals surface area (Å²) < 4.78 is 10.4. The summed E-state index contributed by atoms with van der Waals surface area (Å²) in [6.45, 7) is 3.53. The molecule has 1 N–H and O–H groups in total. The van der Waals surface area contributed by atoms with E-state index in [1.807, 2.05) is 19.9 Å². The van der Waals surface area contributed by atoms with Gasteiger partial charge >= 0.3 is 11.9 Å². The summed E-state index contributed by atoms with van der Waals surface area (Å²) in [6.07, 6.45) is 0.0289. The van der Waals surface area contributed by atoms with E-state index in [2.05, 4.69) is 5.32 Å². The first-order valence-electron chi connectivity index (χ1n) is 12.5. The molecular formula is C30H28N2O7. The van der Waals surface area contributed by atoms with E-state index in [1.165, 1.54) is 36.4 Å². The highest BCUT2D eigenvalue weighted by Crippen LogP contribution is 2.26. The van der Waals surface area contributed by atoms with E-state index in [9.17, 15) is 24.0 Å². The third kappa shape index (κ3) is 6.56. The molecule has 200 valence electrons. The van der Waals surface area contributed by atoms with E-state index in [1.54, 1.807) is 36.4 Å². The lowest BCUT2D eigenvalue weighted by Crippen LogP contribution is -2.47. The highest BCUT2D eigenvalue weighted by Gasteiger charge is 2.43. The minimum absolute atomic E-state index is 0.0289. The number of esters is 2. The summed E-state index contributed by atoms with van der Waals surface area (Å²) in [7, 11) is 0. The van der Waals surface area contributed by atoms with Crippen molar-refractivity contribution in [1.29, 1.82) is 0 Å². The average molecular weight is 529 g/mol. The van der Waals surface area contributed by atoms with Crippen LogP contribution in [0.1, 0.15) is 50.5 Å². The predicted octanol–water partition coefficient (Wildman–Crippen LogP) is 3.89. The Balaban J connectivity index is 1.41. The van der Waals surface area contributed by atoms with Crippen LogP contribution in [0.2, 0.25) is 0 Å². The monoisotopic (exact) mass is 528 g/mol. The van der Waals surface area contributed by atoms with Crippen molar-refractivity contribution in [2.24, 2.45) is 5.92 Å². The molecule has 9 nitrogen and oxygen atoms in total. The smallest absolute Gasteiger partial charge is 0.338 e. The number of ether oxygens (including phenoxy) is 2. The lowest BCUT2D eigenvalue weighted by Gasteiger charge is -2.24. The number of hydrogen-bond acceptors (Lipinski definition) is 7. The van der Waals surface area contributed by atoms with E-state index in [4.69, 9.17) is 9.47 Å². The van der Waals surface area contributed by atoms with Crippen LogP contribution in [0.4, 0.5) is 5.69 Å². The second kappa shape index (κ2) is 12.2. The molecule has 1 aliphatic heterocycles. The average Bonchev–Trinajstić information content (AvgIpc) is 3.19. The predicted molar refractivity (Wildman–Crippen MR) is 142 cm³/mol. The van der Waals surface area contributed by atoms with Crippen molar-refractivity contribution < 1.29 is 33.4 Å². The summed E-state index contributed by atoms with van der Waals surface area (Å²) in [6, 6.07) is 20.1. The molecule has 0 fully saturated rings. The van der Waals surface area contributed by atoms with E-state index in [0.29, 0.717) is 23.4 Å². The van der Waals surface area contributed by atoms with Crippen LogP contribution in [0.5, 0.6) is 0 Å². The maximum Gasteiger partial charge on any atom is 0.338 e. The minimum atomic E-state index is -1.26. The van der Waals surface area contributed by atoms with E-state index in [-0.39, 0.29) is 23.5 Å². The Morgan fingerprint density at radius 3 is 1.97 bits per heavy atom. The Kier molecular flexibility index (Phi) is 8.50. The molecule has 0 saturated carbocycles. The van der Waals surface area contributed by atoms with Crippen molar-refractivity contribution >= 4 is 35.3 Å². The van der Waals surface area contributed by atoms with Gasteiger partial charge in [0.05, 0.1) is 23.3 Å². The SMILES string of the molecule is CC(C)COC(=O)c1ccc(NC(=O)COC(=O)[C@H](Cc2ccccc2)N2C(=O)c3ccccc3C2=O)cc1. The van der Waals surface area contributed by atoms with Crippen LogP contribution in [0, 0.1) is 5.92 Å². The van der Waals surface area contributed by atoms with E-state index >= 15 is 0 Å². The molecule has 1 aliphatic rings. The summed E-state index contributed by atoms with van der Waals surface area (Å²) in [5.74, 6) is -2.95. The van der Waals surface area contributed by atoms with Crippen LogP contribution in [0.15, 0.2) is 78.9 Å². The maximum absolute atomic E-state index is 13.2. The molecule has 3 amide bonds. The quantitative estimate of drug-likeness (QED) is 0.313. The zero-order valence-corrected chi connectivity index (χ0v) is 21.6. The lowest BCUT2D eigenvalue weighted by atomic mass is 10.0. The first-order chi connectivity index (χ1) is 18.7. The Labute approximate surface area is 225 Å². The van der Waals surface area contributed by atoms with Crippen molar-refractivity contribution in [2.75, 3.05) is 18.5 Å². The number of fused-ring (bicyclic) bond motifs is 1. The molecule has 0 aliphatic carbocycles. The summed E-state index contributed by atoms with van der Waals surface area (Å²) in [4.78, 5) is 64.7. The molecule has 0 unspecified atom stereocenters. The molecular weight excluding hydrogens is 500 g/mol. The van der Waals surface area contributed by atoms with Gasteiger partial charge in [-0.15, -0.1) is 0 Å². The van der Waals surface area contributed by atoms with Gasteiger partial charge in [-0.25, -0.2) is 9.59 Å². The van der Waals surface area contributed by atoms with Gasteiger partial charge in [-0.05, 0) is 47.9 Å². The van der Waals surface area contributed by atoms with Crippen molar-refractivity contribution in [3.63, 3.8) is 0 Å². The molecule has 1 heterocycles. The van der Waals surface area contributed by atoms with Gasteiger partial charge in [0.1, 0.15) is 6.04 Å². The third-order valence-electron chi connectivity index (χ3n) is 5.98. The number of hydrogen-bond donors (Lipinski definition) is 1. The van der Waals surface area contributed by atoms with E-state index in [0.717, 1.165) is 4.90 Å². The van der Waals surface area contributed by atoms with Crippen molar-refractivity contribution in [3.05, 3.63) is 101 Å². The Morgan fingerprint density at radius 1 is 0.795 bits per heavy atom. The number of imide groups is 1. The Morgan fingerprint density at radius 2 is 1.38 bits per heavy atom. The van der Waals surface area contributed by atoms with Crippen LogP contribution in [0.3, 0.4) is 0 Å². The number of carbonyl (C=O) groups is 5. The first kappa shape index (κ1) is 27.3. The van der Waals surface area contributed by atoms with Gasteiger partial charge in [0.15, 0.2) is 6.61 Å². The van der Waals surface area contributed by atoms with E-state index < -0.39 is 42.3 Å². The van der Waals surface area contributed by atoms with Gasteiger partial charge in [-0.3, -0.25) is 19.3 Å². The lowest BCUT2D eigenvalue weighted by molar-refractivity contribution is -0.151. The fourth-order valence-corrected chi connectivity index (χ4v) is 4.05. The number of benzene rings is 3. The second-order valence-corrected chi connectivity index (χ2v) is 9.46.